The first-order chi connectivity index (χ1) is 10.3. The maximum absolute atomic E-state index is 11.0. The van der Waals surface area contributed by atoms with Crippen molar-refractivity contribution >= 4 is 6.16 Å². The van der Waals surface area contributed by atoms with Gasteiger partial charge in [0, 0.05) is 5.04 Å². The Morgan fingerprint density at radius 2 is 1.10 bits per heavy atom. The molecule has 0 atom stereocenters. The molecule has 0 aliphatic heterocycles. The minimum absolute atomic E-state index is 0.0377. The molecule has 2 aliphatic rings. The lowest BCUT2D eigenvalue weighted by atomic mass is 9.98. The van der Waals surface area contributed by atoms with E-state index in [1.54, 1.807) is 0 Å². The molecule has 0 bridgehead atoms. The van der Waals surface area contributed by atoms with Gasteiger partial charge < -0.3 is 0 Å². The number of carbonyl (C=O) groups is 1. The topological polar surface area (TPSA) is 81.7 Å². The molecule has 0 amide bonds. The molecule has 0 aromatic carbocycles. The summed E-state index contributed by atoms with van der Waals surface area (Å²) in [5, 5.41) is 12.8. The van der Waals surface area contributed by atoms with Gasteiger partial charge in [0.15, 0.2) is 0 Å². The fourth-order valence-corrected chi connectivity index (χ4v) is 2.55. The van der Waals surface area contributed by atoms with Crippen LogP contribution in [-0.2, 0) is 34.7 Å². The Kier molecular flexibility index (Phi) is 7.76. The Morgan fingerprint density at radius 3 is 1.67 bits per heavy atom. The van der Waals surface area contributed by atoms with E-state index in [4.69, 9.17) is 9.78 Å². The predicted octanol–water partition coefficient (Wildman–Crippen LogP) is 3.46. The van der Waals surface area contributed by atoms with Crippen molar-refractivity contribution in [3.8, 4) is 0 Å². The molecule has 2 saturated carbocycles. The molecule has 21 heavy (non-hydrogen) atoms. The second-order valence-electron chi connectivity index (χ2n) is 5.33. The fraction of sp³-hybridized carbons (Fsp3) is 0.923. The average molecular weight is 306 g/mol. The summed E-state index contributed by atoms with van der Waals surface area (Å²) in [4.78, 5) is 29.1. The van der Waals surface area contributed by atoms with Crippen molar-refractivity contribution in [3.63, 3.8) is 0 Å². The Balaban J connectivity index is 1.42. The molecule has 2 rings (SSSR count). The number of carbonyl (C=O) groups excluding carboxylic acids is 1. The average Bonchev–Trinajstić information content (AvgIpc) is 2.54. The highest BCUT2D eigenvalue weighted by Crippen LogP contribution is 2.21. The van der Waals surface area contributed by atoms with Crippen LogP contribution < -0.4 is 0 Å². The van der Waals surface area contributed by atoms with Crippen LogP contribution in [0.4, 0.5) is 4.79 Å². The highest BCUT2D eigenvalue weighted by Gasteiger charge is 2.18. The third-order valence-corrected chi connectivity index (χ3v) is 3.69. The molecule has 8 heteroatoms. The van der Waals surface area contributed by atoms with Crippen LogP contribution in [0.2, 0.25) is 0 Å². The van der Waals surface area contributed by atoms with Crippen molar-refractivity contribution in [1.29, 1.82) is 0 Å². The van der Waals surface area contributed by atoms with Gasteiger partial charge in [-0.1, -0.05) is 38.5 Å². The van der Waals surface area contributed by atoms with Crippen LogP contribution >= 0.6 is 0 Å². The zero-order chi connectivity index (χ0) is 14.8. The number of rotatable bonds is 7. The van der Waals surface area contributed by atoms with Crippen LogP contribution in [0.5, 0.6) is 0 Å². The molecule has 0 heterocycles. The van der Waals surface area contributed by atoms with Gasteiger partial charge in [-0.25, -0.2) is 9.78 Å². The first-order valence-electron chi connectivity index (χ1n) is 7.55. The highest BCUT2D eigenvalue weighted by atomic mass is 17.7. The number of hydrogen-bond donors (Lipinski definition) is 0. The standard InChI is InChI=1S/C13H22O8/c14-13(17-19-15-11-7-3-1-4-8-11)18-21-20-16-12-9-5-2-6-10-12/h11-12H,1-10H2. The molecule has 0 N–H and O–H groups in total. The maximum Gasteiger partial charge on any atom is 0.577 e. The molecule has 2 aliphatic carbocycles. The SMILES string of the molecule is O=C(OOOOC1CCCCC1)OOOC1CCCCC1. The van der Waals surface area contributed by atoms with E-state index in [1.165, 1.54) is 12.8 Å². The molecule has 0 saturated heterocycles. The summed E-state index contributed by atoms with van der Waals surface area (Å²) in [6.45, 7) is 0. The molecule has 0 radical (unpaired) electrons. The molecule has 0 spiro atoms. The Labute approximate surface area is 123 Å². The van der Waals surface area contributed by atoms with Crippen LogP contribution in [-0.4, -0.2) is 18.4 Å². The van der Waals surface area contributed by atoms with E-state index in [0.717, 1.165) is 51.4 Å². The van der Waals surface area contributed by atoms with Crippen LogP contribution in [0.15, 0.2) is 0 Å². The Bertz CT molecular complexity index is 286. The van der Waals surface area contributed by atoms with E-state index < -0.39 is 6.16 Å². The van der Waals surface area contributed by atoms with Crippen molar-refractivity contribution < 1.29 is 39.5 Å². The van der Waals surface area contributed by atoms with Gasteiger partial charge in [0.05, 0.1) is 12.2 Å². The lowest BCUT2D eigenvalue weighted by Crippen LogP contribution is -2.20. The van der Waals surface area contributed by atoms with Crippen molar-refractivity contribution in [2.75, 3.05) is 0 Å². The second-order valence-corrected chi connectivity index (χ2v) is 5.33. The lowest BCUT2D eigenvalue weighted by molar-refractivity contribution is -0.633. The number of hydrogen-bond acceptors (Lipinski definition) is 8. The first-order valence-corrected chi connectivity index (χ1v) is 7.55. The summed E-state index contributed by atoms with van der Waals surface area (Å²) in [6, 6.07) is 0. The molecule has 0 unspecified atom stereocenters. The maximum atomic E-state index is 11.0. The molecular formula is C13H22O8. The zero-order valence-electron chi connectivity index (χ0n) is 12.0. The van der Waals surface area contributed by atoms with Gasteiger partial charge in [-0.15, -0.1) is 0 Å². The van der Waals surface area contributed by atoms with E-state index >= 15 is 0 Å². The summed E-state index contributed by atoms with van der Waals surface area (Å²) in [5.74, 6) is 0. The van der Waals surface area contributed by atoms with Gasteiger partial charge in [0.25, 0.3) is 0 Å². The Morgan fingerprint density at radius 1 is 0.619 bits per heavy atom. The van der Waals surface area contributed by atoms with Crippen LogP contribution in [0.3, 0.4) is 0 Å². The van der Waals surface area contributed by atoms with Crippen molar-refractivity contribution in [1.82, 2.24) is 0 Å². The monoisotopic (exact) mass is 306 g/mol. The summed E-state index contributed by atoms with van der Waals surface area (Å²) in [7, 11) is 0. The molecule has 2 fully saturated rings. The van der Waals surface area contributed by atoms with Gasteiger partial charge in [-0.3, -0.25) is 0 Å². The molecule has 0 aromatic heterocycles. The van der Waals surface area contributed by atoms with E-state index in [1.807, 2.05) is 0 Å². The normalized spacial score (nSPS) is 21.1. The summed E-state index contributed by atoms with van der Waals surface area (Å²) in [6.07, 6.45) is 8.94. The predicted molar refractivity (Wildman–Crippen MR) is 66.7 cm³/mol. The largest absolute Gasteiger partial charge is 0.577 e. The minimum Gasteiger partial charge on any atom is -0.226 e. The zero-order valence-corrected chi connectivity index (χ0v) is 12.0. The fourth-order valence-electron chi connectivity index (χ4n) is 2.55. The van der Waals surface area contributed by atoms with E-state index in [0.29, 0.717) is 0 Å². The van der Waals surface area contributed by atoms with Crippen molar-refractivity contribution in [2.24, 2.45) is 0 Å². The second kappa shape index (κ2) is 9.91. The van der Waals surface area contributed by atoms with Gasteiger partial charge in [-0.2, -0.15) is 14.6 Å². The smallest absolute Gasteiger partial charge is 0.226 e. The summed E-state index contributed by atoms with van der Waals surface area (Å²) in [5.41, 5.74) is 0. The molecule has 0 aromatic rings. The lowest BCUT2D eigenvalue weighted by Gasteiger charge is -2.19. The van der Waals surface area contributed by atoms with E-state index in [9.17, 15) is 4.79 Å². The third-order valence-electron chi connectivity index (χ3n) is 3.69. The summed E-state index contributed by atoms with van der Waals surface area (Å²) >= 11 is 0. The van der Waals surface area contributed by atoms with Gasteiger partial charge in [0.1, 0.15) is 0 Å². The van der Waals surface area contributed by atoms with Crippen LogP contribution in [0.1, 0.15) is 64.2 Å². The Hall–Kier alpha value is -0.930. The van der Waals surface area contributed by atoms with Gasteiger partial charge in [-0.05, 0) is 35.8 Å². The highest BCUT2D eigenvalue weighted by molar-refractivity contribution is 5.57. The third kappa shape index (κ3) is 7.05. The van der Waals surface area contributed by atoms with Gasteiger partial charge in [0.2, 0.25) is 0 Å². The first kappa shape index (κ1) is 16.4. The van der Waals surface area contributed by atoms with Crippen molar-refractivity contribution in [2.45, 2.75) is 76.4 Å². The van der Waals surface area contributed by atoms with Crippen LogP contribution in [0, 0.1) is 0 Å². The van der Waals surface area contributed by atoms with E-state index in [2.05, 4.69) is 24.9 Å². The van der Waals surface area contributed by atoms with Crippen molar-refractivity contribution in [3.05, 3.63) is 0 Å². The summed E-state index contributed by atoms with van der Waals surface area (Å²) < 4.78 is 0. The quantitative estimate of drug-likeness (QED) is 0.402. The molecule has 122 valence electrons. The molecular weight excluding hydrogens is 284 g/mol. The van der Waals surface area contributed by atoms with Crippen LogP contribution in [0.25, 0.3) is 0 Å². The minimum atomic E-state index is -1.24. The van der Waals surface area contributed by atoms with Gasteiger partial charge >= 0.3 is 6.16 Å². The molecule has 8 nitrogen and oxygen atoms in total. The van der Waals surface area contributed by atoms with E-state index in [-0.39, 0.29) is 12.2 Å².